The summed E-state index contributed by atoms with van der Waals surface area (Å²) in [7, 11) is 0. The average Bonchev–Trinajstić information content (AvgIpc) is 3.33. The minimum absolute atomic E-state index is 0.768. The van der Waals surface area contributed by atoms with Crippen LogP contribution in [0.25, 0.3) is 5.57 Å². The molecule has 1 fully saturated rings. The predicted molar refractivity (Wildman–Crippen MR) is 139 cm³/mol. The van der Waals surface area contributed by atoms with Crippen molar-refractivity contribution in [2.75, 3.05) is 26.2 Å². The number of halogens is 1. The van der Waals surface area contributed by atoms with Gasteiger partial charge in [-0.15, -0.1) is 0 Å². The van der Waals surface area contributed by atoms with E-state index in [2.05, 4.69) is 112 Å². The van der Waals surface area contributed by atoms with Crippen LogP contribution in [-0.2, 0) is 12.8 Å². The summed E-state index contributed by atoms with van der Waals surface area (Å²) in [6.07, 6.45) is 6.89. The van der Waals surface area contributed by atoms with E-state index in [1.807, 2.05) is 0 Å². The first-order valence-electron chi connectivity index (χ1n) is 11.2. The number of hydrogen-bond acceptors (Lipinski definition) is 2. The lowest BCUT2D eigenvalue weighted by molar-refractivity contribution is 0.238. The van der Waals surface area contributed by atoms with E-state index < -0.39 is 0 Å². The zero-order chi connectivity index (χ0) is 21.3. The lowest BCUT2D eigenvalue weighted by Crippen LogP contribution is -2.25. The van der Waals surface area contributed by atoms with E-state index in [9.17, 15) is 0 Å². The number of hydrogen-bond donors (Lipinski definition) is 0. The van der Waals surface area contributed by atoms with Crippen LogP contribution in [0.15, 0.2) is 84.9 Å². The Balaban J connectivity index is 1.40. The van der Waals surface area contributed by atoms with Gasteiger partial charge in [-0.1, -0.05) is 60.7 Å². The normalized spacial score (nSPS) is 14.7. The Morgan fingerprint density at radius 3 is 2.23 bits per heavy atom. The first-order chi connectivity index (χ1) is 15.3. The molecule has 160 valence electrons. The first kappa shape index (κ1) is 22.1. The molecule has 0 atom stereocenters. The number of benzene rings is 3. The van der Waals surface area contributed by atoms with Crippen molar-refractivity contribution in [3.8, 4) is 5.75 Å². The summed E-state index contributed by atoms with van der Waals surface area (Å²) < 4.78 is 7.25. The van der Waals surface area contributed by atoms with E-state index in [0.717, 1.165) is 31.7 Å². The molecule has 0 saturated carbocycles. The molecule has 0 aliphatic carbocycles. The second kappa shape index (κ2) is 11.5. The first-order valence-corrected chi connectivity index (χ1v) is 12.3. The largest absolute Gasteiger partial charge is 0.492 e. The fourth-order valence-corrected chi connectivity index (χ4v) is 4.39. The minimum Gasteiger partial charge on any atom is -0.492 e. The van der Waals surface area contributed by atoms with Gasteiger partial charge in [0.25, 0.3) is 0 Å². The quantitative estimate of drug-likeness (QED) is 0.292. The van der Waals surface area contributed by atoms with Crippen molar-refractivity contribution in [3.05, 3.63) is 105 Å². The average molecular weight is 523 g/mol. The lowest BCUT2D eigenvalue weighted by Gasteiger charge is -2.15. The fraction of sp³-hybridized carbons (Fsp3) is 0.286. The monoisotopic (exact) mass is 523 g/mol. The molecule has 1 aliphatic heterocycles. The number of nitrogens with zero attached hydrogens (tertiary/aromatic N) is 1. The van der Waals surface area contributed by atoms with E-state index in [1.165, 1.54) is 51.8 Å². The molecule has 1 aliphatic rings. The second-order valence-corrected chi connectivity index (χ2v) is 9.39. The summed E-state index contributed by atoms with van der Waals surface area (Å²) in [5.41, 5.74) is 5.31. The third-order valence-electron chi connectivity index (χ3n) is 5.83. The van der Waals surface area contributed by atoms with Crippen LogP contribution in [-0.4, -0.2) is 31.1 Å². The summed E-state index contributed by atoms with van der Waals surface area (Å²) in [6, 6.07) is 28.1. The summed E-state index contributed by atoms with van der Waals surface area (Å²) >= 11 is 2.36. The molecule has 0 unspecified atom stereocenters. The van der Waals surface area contributed by atoms with Gasteiger partial charge in [-0.25, -0.2) is 0 Å². The molecule has 31 heavy (non-hydrogen) atoms. The van der Waals surface area contributed by atoms with Crippen molar-refractivity contribution in [2.45, 2.75) is 25.7 Å². The van der Waals surface area contributed by atoms with Crippen LogP contribution in [0.2, 0.25) is 0 Å². The number of allylic oxidation sites excluding steroid dienone is 2. The number of likely N-dealkylation sites (tertiary alicyclic amines) is 1. The standard InChI is InChI=1S/C28H30INO/c29-27-14-9-23(10-15-27)8-13-26(25-6-2-1-3-7-25)22-24-11-16-28(17-12-24)31-21-20-30-18-4-5-19-30/h1-3,6-7,9-17H,4-5,8,18-22H2/b26-13-. The molecule has 1 heterocycles. The van der Waals surface area contributed by atoms with Crippen LogP contribution in [0.3, 0.4) is 0 Å². The van der Waals surface area contributed by atoms with Crippen molar-refractivity contribution < 1.29 is 4.74 Å². The molecule has 0 spiro atoms. The van der Waals surface area contributed by atoms with Gasteiger partial charge in [0.15, 0.2) is 0 Å². The molecule has 0 N–H and O–H groups in total. The molecule has 3 aromatic carbocycles. The Hall–Kier alpha value is -2.11. The van der Waals surface area contributed by atoms with Gasteiger partial charge in [-0.3, -0.25) is 4.90 Å². The zero-order valence-corrected chi connectivity index (χ0v) is 20.1. The number of ether oxygens (including phenoxy) is 1. The lowest BCUT2D eigenvalue weighted by atomic mass is 9.96. The Morgan fingerprint density at radius 2 is 1.52 bits per heavy atom. The summed E-state index contributed by atoms with van der Waals surface area (Å²) in [5, 5.41) is 0. The molecule has 3 aromatic rings. The van der Waals surface area contributed by atoms with Crippen LogP contribution in [0.4, 0.5) is 0 Å². The summed E-state index contributed by atoms with van der Waals surface area (Å²) in [4.78, 5) is 2.49. The van der Waals surface area contributed by atoms with E-state index in [-0.39, 0.29) is 0 Å². The third-order valence-corrected chi connectivity index (χ3v) is 6.55. The van der Waals surface area contributed by atoms with Crippen LogP contribution in [0.5, 0.6) is 5.75 Å². The summed E-state index contributed by atoms with van der Waals surface area (Å²) in [6.45, 7) is 4.24. The van der Waals surface area contributed by atoms with Crippen LogP contribution in [0, 0.1) is 3.57 Å². The van der Waals surface area contributed by atoms with E-state index in [1.54, 1.807) is 0 Å². The van der Waals surface area contributed by atoms with E-state index in [4.69, 9.17) is 4.74 Å². The molecule has 4 rings (SSSR count). The Labute approximate surface area is 200 Å². The van der Waals surface area contributed by atoms with Crippen LogP contribution < -0.4 is 4.74 Å². The Kier molecular flexibility index (Phi) is 8.19. The molecule has 0 amide bonds. The van der Waals surface area contributed by atoms with Crippen molar-refractivity contribution in [1.29, 1.82) is 0 Å². The molecule has 0 aromatic heterocycles. The van der Waals surface area contributed by atoms with Crippen LogP contribution in [0.1, 0.15) is 29.5 Å². The maximum atomic E-state index is 5.97. The van der Waals surface area contributed by atoms with Crippen molar-refractivity contribution in [2.24, 2.45) is 0 Å². The van der Waals surface area contributed by atoms with E-state index in [0.29, 0.717) is 0 Å². The maximum Gasteiger partial charge on any atom is 0.119 e. The smallest absolute Gasteiger partial charge is 0.119 e. The SMILES string of the molecule is Ic1ccc(C/C=C(/Cc2ccc(OCCN3CCCC3)cc2)c2ccccc2)cc1. The molecule has 3 heteroatoms. The Bertz CT molecular complexity index is 958. The molecule has 2 nitrogen and oxygen atoms in total. The van der Waals surface area contributed by atoms with Crippen LogP contribution >= 0.6 is 22.6 Å². The van der Waals surface area contributed by atoms with Gasteiger partial charge in [0.2, 0.25) is 0 Å². The molecule has 0 bridgehead atoms. The van der Waals surface area contributed by atoms with Gasteiger partial charge in [0.1, 0.15) is 12.4 Å². The fourth-order valence-electron chi connectivity index (χ4n) is 4.03. The highest BCUT2D eigenvalue weighted by Gasteiger charge is 2.11. The predicted octanol–water partition coefficient (Wildman–Crippen LogP) is 6.63. The van der Waals surface area contributed by atoms with Crippen molar-refractivity contribution in [3.63, 3.8) is 0 Å². The molecular formula is C28H30INO. The topological polar surface area (TPSA) is 12.5 Å². The molecule has 1 saturated heterocycles. The van der Waals surface area contributed by atoms with Gasteiger partial charge >= 0.3 is 0 Å². The third kappa shape index (κ3) is 6.94. The maximum absolute atomic E-state index is 5.97. The van der Waals surface area contributed by atoms with Crippen molar-refractivity contribution >= 4 is 28.2 Å². The number of rotatable bonds is 9. The van der Waals surface area contributed by atoms with Gasteiger partial charge in [0.05, 0.1) is 0 Å². The van der Waals surface area contributed by atoms with Gasteiger partial charge in [-0.2, -0.15) is 0 Å². The van der Waals surface area contributed by atoms with E-state index >= 15 is 0 Å². The summed E-state index contributed by atoms with van der Waals surface area (Å²) in [5.74, 6) is 0.965. The molecule has 0 radical (unpaired) electrons. The zero-order valence-electron chi connectivity index (χ0n) is 18.0. The molecular weight excluding hydrogens is 493 g/mol. The second-order valence-electron chi connectivity index (χ2n) is 8.14. The highest BCUT2D eigenvalue weighted by molar-refractivity contribution is 14.1. The highest BCUT2D eigenvalue weighted by Crippen LogP contribution is 2.23. The van der Waals surface area contributed by atoms with Gasteiger partial charge in [0, 0.05) is 10.1 Å². The Morgan fingerprint density at radius 1 is 0.839 bits per heavy atom. The van der Waals surface area contributed by atoms with Gasteiger partial charge < -0.3 is 4.74 Å². The van der Waals surface area contributed by atoms with Crippen molar-refractivity contribution in [1.82, 2.24) is 4.90 Å². The highest BCUT2D eigenvalue weighted by atomic mass is 127. The van der Waals surface area contributed by atoms with Gasteiger partial charge in [-0.05, 0) is 108 Å². The minimum atomic E-state index is 0.768.